The number of methoxy groups -OCH3 is 1. The Labute approximate surface area is 250 Å². The second-order valence-corrected chi connectivity index (χ2v) is 12.5. The maximum absolute atomic E-state index is 13.8. The van der Waals surface area contributed by atoms with E-state index in [-0.39, 0.29) is 31.2 Å². The van der Waals surface area contributed by atoms with Crippen LogP contribution < -0.4 is 14.2 Å². The predicted molar refractivity (Wildman–Crippen MR) is 162 cm³/mol. The molecule has 230 valence electrons. The van der Waals surface area contributed by atoms with Crippen LogP contribution in [0.5, 0.6) is 17.2 Å². The number of hydrogen-bond acceptors (Lipinski definition) is 6. The topological polar surface area (TPSA) is 88.5 Å². The number of amides is 1. The lowest BCUT2D eigenvalue weighted by Crippen LogP contribution is -2.45. The number of aliphatic carboxylic acids is 1. The van der Waals surface area contributed by atoms with Crippen molar-refractivity contribution in [3.63, 3.8) is 0 Å². The summed E-state index contributed by atoms with van der Waals surface area (Å²) in [5.41, 5.74) is 1.93. The Hall–Kier alpha value is -3.30. The van der Waals surface area contributed by atoms with Crippen LogP contribution in [0.3, 0.4) is 0 Å². The number of nitrogens with zero attached hydrogens (tertiary/aromatic N) is 3. The molecule has 9 heteroatoms. The third kappa shape index (κ3) is 7.95. The molecule has 2 heterocycles. The van der Waals surface area contributed by atoms with E-state index < -0.39 is 11.9 Å². The molecule has 0 unspecified atom stereocenters. The zero-order valence-electron chi connectivity index (χ0n) is 25.9. The summed E-state index contributed by atoms with van der Waals surface area (Å²) in [6, 6.07) is 13.2. The first-order valence-corrected chi connectivity index (χ1v) is 15.2. The first kappa shape index (κ1) is 31.6. The number of fused-ring (bicyclic) bond motifs is 1. The first-order valence-electron chi connectivity index (χ1n) is 15.2. The van der Waals surface area contributed by atoms with Gasteiger partial charge in [0.1, 0.15) is 5.75 Å². The molecule has 2 aliphatic rings. The molecular formula is C33H48N3O6+. The summed E-state index contributed by atoms with van der Waals surface area (Å²) in [5.74, 6) is 0.375. The van der Waals surface area contributed by atoms with Gasteiger partial charge < -0.3 is 28.7 Å². The Kier molecular flexibility index (Phi) is 10.7. The van der Waals surface area contributed by atoms with E-state index in [9.17, 15) is 14.7 Å². The molecule has 42 heavy (non-hydrogen) atoms. The molecule has 9 nitrogen and oxygen atoms in total. The second kappa shape index (κ2) is 14.2. The van der Waals surface area contributed by atoms with Gasteiger partial charge in [0.2, 0.25) is 12.7 Å². The monoisotopic (exact) mass is 582 g/mol. The van der Waals surface area contributed by atoms with E-state index >= 15 is 0 Å². The number of quaternary nitrogens is 1. The largest absolute Gasteiger partial charge is 0.496 e. The minimum atomic E-state index is -0.844. The van der Waals surface area contributed by atoms with Crippen LogP contribution in [0.4, 0.5) is 0 Å². The van der Waals surface area contributed by atoms with Crippen molar-refractivity contribution in [2.75, 3.05) is 67.8 Å². The van der Waals surface area contributed by atoms with Gasteiger partial charge in [-0.1, -0.05) is 37.6 Å². The highest BCUT2D eigenvalue weighted by atomic mass is 16.7. The van der Waals surface area contributed by atoms with Crippen molar-refractivity contribution in [1.82, 2.24) is 9.80 Å². The van der Waals surface area contributed by atoms with E-state index in [1.807, 2.05) is 47.4 Å². The zero-order chi connectivity index (χ0) is 30.3. The number of para-hydroxylation sites is 1. The Morgan fingerprint density at radius 3 is 2.52 bits per heavy atom. The van der Waals surface area contributed by atoms with Gasteiger partial charge in [0.15, 0.2) is 11.5 Å². The average Bonchev–Trinajstić information content (AvgIpc) is 3.57. The Balaban J connectivity index is 1.59. The van der Waals surface area contributed by atoms with E-state index in [1.165, 1.54) is 0 Å². The van der Waals surface area contributed by atoms with Gasteiger partial charge in [-0.15, -0.1) is 0 Å². The summed E-state index contributed by atoms with van der Waals surface area (Å²) in [7, 11) is 8.14. The van der Waals surface area contributed by atoms with Crippen LogP contribution in [-0.2, 0) is 16.0 Å². The third-order valence-electron chi connectivity index (χ3n) is 8.49. The van der Waals surface area contributed by atoms with Crippen LogP contribution in [0.2, 0.25) is 0 Å². The lowest BCUT2D eigenvalue weighted by Gasteiger charge is -2.31. The predicted octanol–water partition coefficient (Wildman–Crippen LogP) is 4.25. The number of likely N-dealkylation sites (tertiary alicyclic amines) is 1. The van der Waals surface area contributed by atoms with Gasteiger partial charge in [0, 0.05) is 38.0 Å². The Morgan fingerprint density at radius 1 is 1.07 bits per heavy atom. The van der Waals surface area contributed by atoms with Gasteiger partial charge in [0.25, 0.3) is 0 Å². The van der Waals surface area contributed by atoms with E-state index in [2.05, 4.69) is 33.0 Å². The van der Waals surface area contributed by atoms with Gasteiger partial charge in [-0.05, 0) is 48.6 Å². The van der Waals surface area contributed by atoms with Crippen molar-refractivity contribution in [2.24, 2.45) is 5.92 Å². The fraction of sp³-hybridized carbons (Fsp3) is 0.576. The number of carboxylic acids is 1. The number of carbonyl (C=O) groups is 2. The molecule has 0 aliphatic carbocycles. The third-order valence-corrected chi connectivity index (χ3v) is 8.49. The highest BCUT2D eigenvalue weighted by molar-refractivity contribution is 5.79. The van der Waals surface area contributed by atoms with Gasteiger partial charge in [-0.3, -0.25) is 14.5 Å². The zero-order valence-corrected chi connectivity index (χ0v) is 25.9. The molecule has 3 atom stereocenters. The quantitative estimate of drug-likeness (QED) is 0.314. The molecular weight excluding hydrogens is 534 g/mol. The van der Waals surface area contributed by atoms with Gasteiger partial charge in [0.05, 0.1) is 47.3 Å². The second-order valence-electron chi connectivity index (χ2n) is 12.5. The molecule has 0 saturated carbocycles. The van der Waals surface area contributed by atoms with Crippen LogP contribution >= 0.6 is 0 Å². The van der Waals surface area contributed by atoms with E-state index in [4.69, 9.17) is 14.2 Å². The molecule has 1 N–H and O–H groups in total. The SMILES string of the molecule is CCCCN(CCC[N+](C)(C)C)C(=O)CN1C[C@H](c2ccc3c(c2)OCO3)[C@@H](C(=O)O)[C@@H]1CCc1ccccc1OC. The number of carboxylic acid groups (broad SMARTS) is 1. The molecule has 1 saturated heterocycles. The number of ether oxygens (including phenoxy) is 3. The van der Waals surface area contributed by atoms with Crippen LogP contribution in [0.15, 0.2) is 42.5 Å². The Morgan fingerprint density at radius 2 is 1.81 bits per heavy atom. The number of unbranched alkanes of at least 4 members (excludes halogenated alkanes) is 1. The molecule has 0 aromatic heterocycles. The van der Waals surface area contributed by atoms with E-state index in [1.54, 1.807) is 7.11 Å². The summed E-state index contributed by atoms with van der Waals surface area (Å²) >= 11 is 0. The highest BCUT2D eigenvalue weighted by Gasteiger charge is 2.47. The number of carbonyl (C=O) groups excluding carboxylic acids is 1. The van der Waals surface area contributed by atoms with Crippen molar-refractivity contribution >= 4 is 11.9 Å². The number of rotatable bonds is 15. The van der Waals surface area contributed by atoms with Gasteiger partial charge in [-0.2, -0.15) is 0 Å². The van der Waals surface area contributed by atoms with Gasteiger partial charge >= 0.3 is 5.97 Å². The molecule has 0 radical (unpaired) electrons. The molecule has 0 spiro atoms. The smallest absolute Gasteiger partial charge is 0.308 e. The fourth-order valence-electron chi connectivity index (χ4n) is 6.27. The first-order chi connectivity index (χ1) is 20.1. The summed E-state index contributed by atoms with van der Waals surface area (Å²) in [6.07, 6.45) is 4.14. The number of aryl methyl sites for hydroxylation is 1. The van der Waals surface area contributed by atoms with E-state index in [0.29, 0.717) is 37.4 Å². The van der Waals surface area contributed by atoms with Crippen molar-refractivity contribution < 1.29 is 33.4 Å². The summed E-state index contributed by atoms with van der Waals surface area (Å²) < 4.78 is 17.5. The minimum Gasteiger partial charge on any atom is -0.496 e. The summed E-state index contributed by atoms with van der Waals surface area (Å²) in [5, 5.41) is 10.6. The summed E-state index contributed by atoms with van der Waals surface area (Å²) in [4.78, 5) is 30.8. The lowest BCUT2D eigenvalue weighted by molar-refractivity contribution is -0.870. The highest BCUT2D eigenvalue weighted by Crippen LogP contribution is 2.43. The Bertz CT molecular complexity index is 1210. The van der Waals surface area contributed by atoms with E-state index in [0.717, 1.165) is 53.7 Å². The number of benzene rings is 2. The molecule has 4 rings (SSSR count). The minimum absolute atomic E-state index is 0.0719. The van der Waals surface area contributed by atoms with Crippen molar-refractivity contribution in [1.29, 1.82) is 0 Å². The van der Waals surface area contributed by atoms with Crippen LogP contribution in [-0.4, -0.2) is 105 Å². The maximum atomic E-state index is 13.8. The molecule has 2 aliphatic heterocycles. The molecule has 0 bridgehead atoms. The molecule has 2 aromatic rings. The number of hydrogen-bond donors (Lipinski definition) is 1. The average molecular weight is 583 g/mol. The molecule has 1 fully saturated rings. The van der Waals surface area contributed by atoms with Gasteiger partial charge in [-0.25, -0.2) is 0 Å². The van der Waals surface area contributed by atoms with Crippen LogP contribution in [0.1, 0.15) is 49.7 Å². The normalized spacial score (nSPS) is 20.1. The maximum Gasteiger partial charge on any atom is 0.308 e. The van der Waals surface area contributed by atoms with Crippen molar-refractivity contribution in [3.05, 3.63) is 53.6 Å². The fourth-order valence-corrected chi connectivity index (χ4v) is 6.27. The van der Waals surface area contributed by atoms with Crippen LogP contribution in [0, 0.1) is 5.92 Å². The van der Waals surface area contributed by atoms with Crippen LogP contribution in [0.25, 0.3) is 0 Å². The summed E-state index contributed by atoms with van der Waals surface area (Å²) in [6.45, 7) is 5.40. The lowest BCUT2D eigenvalue weighted by atomic mass is 9.83. The molecule has 1 amide bonds. The molecule has 2 aromatic carbocycles. The van der Waals surface area contributed by atoms with Crippen molar-refractivity contribution in [3.8, 4) is 17.2 Å². The standard InChI is InChI=1S/C33H47N3O6/c1-6-7-17-34(18-10-19-36(2,3)4)31(37)22-35-21-26(25-14-16-29-30(20-25)42-23-41-29)32(33(38)39)27(35)15-13-24-11-8-9-12-28(24)40-5/h8-9,11-12,14,16,20,26-27,32H,6-7,10,13,15,17-19,21-23H2,1-5H3/p+1/t26-,27+,32-/m1/s1. The van der Waals surface area contributed by atoms with Crippen molar-refractivity contribution in [2.45, 2.75) is 51.0 Å².